The first-order chi connectivity index (χ1) is 11.6. The van der Waals surface area contributed by atoms with Crippen LogP contribution < -0.4 is 0 Å². The third-order valence-corrected chi connectivity index (χ3v) is 10.1. The van der Waals surface area contributed by atoms with Crippen molar-refractivity contribution in [3.63, 3.8) is 0 Å². The quantitative estimate of drug-likeness (QED) is 0.714. The Labute approximate surface area is 151 Å². The summed E-state index contributed by atoms with van der Waals surface area (Å²) in [5, 5.41) is 19.0. The lowest BCUT2D eigenvalue weighted by Crippen LogP contribution is -2.43. The van der Waals surface area contributed by atoms with Crippen molar-refractivity contribution < 1.29 is 14.3 Å². The molecule has 1 N–H and O–H groups in total. The van der Waals surface area contributed by atoms with E-state index in [1.807, 2.05) is 12.2 Å². The van der Waals surface area contributed by atoms with Crippen molar-refractivity contribution in [2.45, 2.75) is 58.2 Å². The molecular formula is C19H28N2O3Si. The van der Waals surface area contributed by atoms with Gasteiger partial charge in [-0.25, -0.2) is 4.79 Å². The fraction of sp³-hybridized carbons (Fsp3) is 0.579. The van der Waals surface area contributed by atoms with Crippen LogP contribution in [-0.4, -0.2) is 37.6 Å². The molecule has 0 radical (unpaired) electrons. The van der Waals surface area contributed by atoms with Gasteiger partial charge >= 0.3 is 6.09 Å². The van der Waals surface area contributed by atoms with Crippen LogP contribution in [0.1, 0.15) is 40.0 Å². The minimum Gasteiger partial charge on any atom is -0.465 e. The van der Waals surface area contributed by atoms with Crippen molar-refractivity contribution in [1.82, 2.24) is 4.90 Å². The number of amides is 1. The van der Waals surface area contributed by atoms with Gasteiger partial charge < -0.3 is 9.53 Å². The zero-order valence-electron chi connectivity index (χ0n) is 15.8. The summed E-state index contributed by atoms with van der Waals surface area (Å²) in [6.45, 7) is 11.6. The Kier molecular flexibility index (Phi) is 5.60. The minimum atomic E-state index is -1.90. The van der Waals surface area contributed by atoms with Crippen molar-refractivity contribution in [1.29, 1.82) is 5.26 Å². The number of carboxylic acid groups (broad SMARTS) is 1. The molecule has 2 aliphatic rings. The monoisotopic (exact) mass is 360 g/mol. The SMILES string of the molecule is CC(C)(C)[Si](C)(C)OCCN(C(=O)O)C1=C2CC=CC(C#N)=C2CC1. The van der Waals surface area contributed by atoms with Crippen LogP contribution in [0.2, 0.25) is 18.1 Å². The average molecular weight is 361 g/mol. The van der Waals surface area contributed by atoms with E-state index in [1.165, 1.54) is 4.90 Å². The van der Waals surface area contributed by atoms with Crippen molar-refractivity contribution in [3.8, 4) is 6.07 Å². The van der Waals surface area contributed by atoms with Crippen LogP contribution in [0.5, 0.6) is 0 Å². The number of rotatable bonds is 5. The number of nitriles is 1. The zero-order chi connectivity index (χ0) is 18.8. The normalized spacial score (nSPS) is 17.6. The van der Waals surface area contributed by atoms with Gasteiger partial charge in [0.05, 0.1) is 24.8 Å². The predicted molar refractivity (Wildman–Crippen MR) is 101 cm³/mol. The summed E-state index contributed by atoms with van der Waals surface area (Å²) in [6.07, 6.45) is 4.94. The van der Waals surface area contributed by atoms with Crippen LogP contribution in [0.25, 0.3) is 0 Å². The maximum Gasteiger partial charge on any atom is 0.411 e. The number of nitrogens with zero attached hydrogens (tertiary/aromatic N) is 2. The molecular weight excluding hydrogens is 332 g/mol. The lowest BCUT2D eigenvalue weighted by molar-refractivity contribution is 0.146. The van der Waals surface area contributed by atoms with Gasteiger partial charge in [-0.1, -0.05) is 26.8 Å². The molecule has 0 saturated heterocycles. The molecule has 0 heterocycles. The fourth-order valence-electron chi connectivity index (χ4n) is 3.01. The topological polar surface area (TPSA) is 73.6 Å². The Hall–Kier alpha value is -1.84. The van der Waals surface area contributed by atoms with Gasteiger partial charge in [0.1, 0.15) is 0 Å². The average Bonchev–Trinajstić information content (AvgIpc) is 2.93. The van der Waals surface area contributed by atoms with E-state index in [0.717, 1.165) is 23.3 Å². The van der Waals surface area contributed by atoms with Gasteiger partial charge in [-0.2, -0.15) is 5.26 Å². The highest BCUT2D eigenvalue weighted by molar-refractivity contribution is 6.74. The first-order valence-electron chi connectivity index (χ1n) is 8.75. The first kappa shape index (κ1) is 19.5. The Morgan fingerprint density at radius 1 is 1.36 bits per heavy atom. The third-order valence-electron chi connectivity index (χ3n) is 5.52. The van der Waals surface area contributed by atoms with Crippen LogP contribution in [0, 0.1) is 11.3 Å². The van der Waals surface area contributed by atoms with Crippen molar-refractivity contribution in [2.24, 2.45) is 0 Å². The van der Waals surface area contributed by atoms with Gasteiger partial charge in [-0.3, -0.25) is 4.90 Å². The Morgan fingerprint density at radius 2 is 2.04 bits per heavy atom. The molecule has 2 rings (SSSR count). The highest BCUT2D eigenvalue weighted by Gasteiger charge is 2.37. The van der Waals surface area contributed by atoms with E-state index in [2.05, 4.69) is 39.9 Å². The van der Waals surface area contributed by atoms with E-state index in [-0.39, 0.29) is 5.04 Å². The first-order valence-corrected chi connectivity index (χ1v) is 11.7. The van der Waals surface area contributed by atoms with Crippen molar-refractivity contribution in [3.05, 3.63) is 34.6 Å². The molecule has 0 fully saturated rings. The van der Waals surface area contributed by atoms with Gasteiger partial charge in [0, 0.05) is 5.70 Å². The number of hydrogen-bond donors (Lipinski definition) is 1. The van der Waals surface area contributed by atoms with Crippen molar-refractivity contribution >= 4 is 14.4 Å². The minimum absolute atomic E-state index is 0.0993. The number of hydrogen-bond acceptors (Lipinski definition) is 3. The largest absolute Gasteiger partial charge is 0.465 e. The Morgan fingerprint density at radius 3 is 2.60 bits per heavy atom. The molecule has 136 valence electrons. The molecule has 0 aliphatic heterocycles. The molecule has 0 spiro atoms. The molecule has 5 nitrogen and oxygen atoms in total. The van der Waals surface area contributed by atoms with Gasteiger partial charge in [0.2, 0.25) is 0 Å². The maximum absolute atomic E-state index is 11.8. The van der Waals surface area contributed by atoms with Crippen molar-refractivity contribution in [2.75, 3.05) is 13.2 Å². The molecule has 2 aliphatic carbocycles. The summed E-state index contributed by atoms with van der Waals surface area (Å²) < 4.78 is 6.15. The molecule has 1 amide bonds. The second-order valence-electron chi connectivity index (χ2n) is 8.08. The van der Waals surface area contributed by atoms with Gasteiger partial charge in [-0.05, 0) is 54.6 Å². The Bertz CT molecular complexity index is 690. The highest BCUT2D eigenvalue weighted by Crippen LogP contribution is 2.40. The summed E-state index contributed by atoms with van der Waals surface area (Å²) in [6, 6.07) is 2.22. The molecule has 0 unspecified atom stereocenters. The lowest BCUT2D eigenvalue weighted by atomic mass is 9.94. The summed E-state index contributed by atoms with van der Waals surface area (Å²) in [7, 11) is -1.90. The molecule has 0 atom stereocenters. The maximum atomic E-state index is 11.8. The zero-order valence-corrected chi connectivity index (χ0v) is 16.8. The predicted octanol–water partition coefficient (Wildman–Crippen LogP) is 4.82. The summed E-state index contributed by atoms with van der Waals surface area (Å²) in [5.41, 5.74) is 3.52. The second-order valence-corrected chi connectivity index (χ2v) is 12.9. The molecule has 0 bridgehead atoms. The molecule has 0 aromatic rings. The fourth-order valence-corrected chi connectivity index (χ4v) is 4.04. The molecule has 0 aromatic heterocycles. The van der Waals surface area contributed by atoms with Crippen LogP contribution in [0.3, 0.4) is 0 Å². The molecule has 0 aromatic carbocycles. The highest BCUT2D eigenvalue weighted by atomic mass is 28.4. The van der Waals surface area contributed by atoms with E-state index < -0.39 is 14.4 Å². The van der Waals surface area contributed by atoms with Crippen LogP contribution >= 0.6 is 0 Å². The van der Waals surface area contributed by atoms with E-state index in [1.54, 1.807) is 0 Å². The standard InChI is InChI=1S/C19H28N2O3Si/c1-19(2,3)25(4,5)24-12-11-21(18(22)23)17-10-9-15-14(13-20)7-6-8-16(15)17/h6-7H,8-12H2,1-5H3,(H,22,23). The van der Waals surface area contributed by atoms with Gasteiger partial charge in [0.15, 0.2) is 8.32 Å². The Balaban J connectivity index is 2.16. The number of fused-ring (bicyclic) bond motifs is 1. The second kappa shape index (κ2) is 7.18. The number of allylic oxidation sites excluding steroid dienone is 6. The van der Waals surface area contributed by atoms with Gasteiger partial charge in [-0.15, -0.1) is 0 Å². The van der Waals surface area contributed by atoms with Crippen LogP contribution in [-0.2, 0) is 4.43 Å². The molecule has 25 heavy (non-hydrogen) atoms. The molecule has 6 heteroatoms. The molecule has 0 saturated carbocycles. The van der Waals surface area contributed by atoms with E-state index >= 15 is 0 Å². The van der Waals surface area contributed by atoms with Crippen LogP contribution in [0.4, 0.5) is 4.79 Å². The summed E-state index contributed by atoms with van der Waals surface area (Å²) >= 11 is 0. The van der Waals surface area contributed by atoms with Gasteiger partial charge in [0.25, 0.3) is 0 Å². The summed E-state index contributed by atoms with van der Waals surface area (Å²) in [5.74, 6) is 0. The van der Waals surface area contributed by atoms with E-state index in [0.29, 0.717) is 31.6 Å². The van der Waals surface area contributed by atoms with Crippen LogP contribution in [0.15, 0.2) is 34.6 Å². The van der Waals surface area contributed by atoms with E-state index in [4.69, 9.17) is 4.43 Å². The lowest BCUT2D eigenvalue weighted by Gasteiger charge is -2.36. The smallest absolute Gasteiger partial charge is 0.411 e. The van der Waals surface area contributed by atoms with E-state index in [9.17, 15) is 15.2 Å². The number of carbonyl (C=O) groups is 1. The third kappa shape index (κ3) is 4.05. The summed E-state index contributed by atoms with van der Waals surface area (Å²) in [4.78, 5) is 13.2.